The third kappa shape index (κ3) is 2.74. The highest BCUT2D eigenvalue weighted by molar-refractivity contribution is 5.78. The fourth-order valence-electron chi connectivity index (χ4n) is 2.30. The number of primary amides is 1. The van der Waals surface area contributed by atoms with Gasteiger partial charge in [0.25, 0.3) is 0 Å². The number of hydrogen-bond donors (Lipinski definition) is 2. The molecule has 1 aliphatic carbocycles. The van der Waals surface area contributed by atoms with Gasteiger partial charge in [0, 0.05) is 6.04 Å². The van der Waals surface area contributed by atoms with Gasteiger partial charge in [0.1, 0.15) is 11.9 Å². The van der Waals surface area contributed by atoms with Crippen molar-refractivity contribution in [3.8, 4) is 6.07 Å². The van der Waals surface area contributed by atoms with Crippen LogP contribution in [0.2, 0.25) is 0 Å². The average Bonchev–Trinajstić information content (AvgIpc) is 2.40. The maximum atomic E-state index is 11.4. The Balaban J connectivity index is 2.06. The van der Waals surface area contributed by atoms with Crippen molar-refractivity contribution in [3.05, 3.63) is 17.8 Å². The summed E-state index contributed by atoms with van der Waals surface area (Å²) >= 11 is 0. The van der Waals surface area contributed by atoms with Gasteiger partial charge in [-0.3, -0.25) is 4.79 Å². The smallest absolute Gasteiger partial charge is 0.222 e. The van der Waals surface area contributed by atoms with Crippen LogP contribution in [0.5, 0.6) is 0 Å². The van der Waals surface area contributed by atoms with Gasteiger partial charge < -0.3 is 11.1 Å². The van der Waals surface area contributed by atoms with E-state index in [1.807, 2.05) is 6.07 Å². The number of carbonyl (C=O) groups excluding carboxylic acids is 1. The van der Waals surface area contributed by atoms with Crippen LogP contribution in [0.4, 0.5) is 5.82 Å². The molecule has 1 heterocycles. The Labute approximate surface area is 105 Å². The molecule has 94 valence electrons. The first-order valence-corrected chi connectivity index (χ1v) is 6.00. The number of carbonyl (C=O) groups is 1. The van der Waals surface area contributed by atoms with Crippen LogP contribution in [0, 0.1) is 17.2 Å². The Bertz CT molecular complexity index is 464. The third-order valence-electron chi connectivity index (χ3n) is 3.24. The highest BCUT2D eigenvalue weighted by Gasteiger charge is 2.29. The number of amides is 1. The maximum absolute atomic E-state index is 11.4. The second-order valence-corrected chi connectivity index (χ2v) is 4.46. The van der Waals surface area contributed by atoms with E-state index in [1.54, 1.807) is 12.1 Å². The summed E-state index contributed by atoms with van der Waals surface area (Å²) in [4.78, 5) is 11.4. The minimum Gasteiger partial charge on any atom is -0.369 e. The fraction of sp³-hybridized carbons (Fsp3) is 0.500. The van der Waals surface area contributed by atoms with Gasteiger partial charge in [-0.2, -0.15) is 5.26 Å². The Morgan fingerprint density at radius 3 is 2.78 bits per heavy atom. The molecule has 1 amide bonds. The zero-order valence-electron chi connectivity index (χ0n) is 9.97. The molecule has 1 aromatic heterocycles. The summed E-state index contributed by atoms with van der Waals surface area (Å²) in [7, 11) is 0. The van der Waals surface area contributed by atoms with E-state index in [0.29, 0.717) is 5.82 Å². The highest BCUT2D eigenvalue weighted by Crippen LogP contribution is 2.26. The molecule has 2 rings (SSSR count). The number of rotatable bonds is 3. The van der Waals surface area contributed by atoms with E-state index in [4.69, 9.17) is 11.0 Å². The summed E-state index contributed by atoms with van der Waals surface area (Å²) in [5.74, 6) is 0.150. The number of hydrogen-bond acceptors (Lipinski definition) is 5. The van der Waals surface area contributed by atoms with Gasteiger partial charge in [-0.25, -0.2) is 0 Å². The minimum absolute atomic E-state index is 0.0125. The Morgan fingerprint density at radius 1 is 1.39 bits per heavy atom. The number of nitrogens with two attached hydrogens (primary N) is 1. The lowest BCUT2D eigenvalue weighted by molar-refractivity contribution is -0.122. The number of aromatic nitrogens is 2. The average molecular weight is 245 g/mol. The topological polar surface area (TPSA) is 105 Å². The van der Waals surface area contributed by atoms with Crippen molar-refractivity contribution < 1.29 is 4.79 Å². The van der Waals surface area contributed by atoms with Crippen molar-refractivity contribution in [3.63, 3.8) is 0 Å². The van der Waals surface area contributed by atoms with E-state index in [-0.39, 0.29) is 23.6 Å². The van der Waals surface area contributed by atoms with E-state index in [9.17, 15) is 4.79 Å². The van der Waals surface area contributed by atoms with Crippen LogP contribution < -0.4 is 11.1 Å². The lowest BCUT2D eigenvalue weighted by Crippen LogP contribution is -2.40. The highest BCUT2D eigenvalue weighted by atomic mass is 16.1. The minimum atomic E-state index is -0.270. The summed E-state index contributed by atoms with van der Waals surface area (Å²) in [6.07, 6.45) is 3.82. The molecule has 0 bridgehead atoms. The van der Waals surface area contributed by atoms with Crippen molar-refractivity contribution in [1.82, 2.24) is 10.2 Å². The van der Waals surface area contributed by atoms with Gasteiger partial charge in [-0.1, -0.05) is 12.8 Å². The summed E-state index contributed by atoms with van der Waals surface area (Å²) < 4.78 is 0. The van der Waals surface area contributed by atoms with Crippen LogP contribution in [-0.4, -0.2) is 22.1 Å². The predicted octanol–water partition coefficient (Wildman–Crippen LogP) is 0.804. The van der Waals surface area contributed by atoms with Crippen molar-refractivity contribution in [2.75, 3.05) is 5.32 Å². The largest absolute Gasteiger partial charge is 0.369 e. The molecule has 0 saturated heterocycles. The maximum Gasteiger partial charge on any atom is 0.222 e. The van der Waals surface area contributed by atoms with Crippen molar-refractivity contribution in [2.24, 2.45) is 11.7 Å². The second kappa shape index (κ2) is 5.45. The molecule has 1 saturated carbocycles. The van der Waals surface area contributed by atoms with Crippen LogP contribution >= 0.6 is 0 Å². The number of anilines is 1. The zero-order chi connectivity index (χ0) is 13.0. The lowest BCUT2D eigenvalue weighted by atomic mass is 9.84. The van der Waals surface area contributed by atoms with Crippen LogP contribution in [0.15, 0.2) is 12.1 Å². The molecular formula is C12H15N5O. The fourth-order valence-corrected chi connectivity index (χ4v) is 2.30. The molecule has 6 nitrogen and oxygen atoms in total. The van der Waals surface area contributed by atoms with Gasteiger partial charge in [0.15, 0.2) is 5.69 Å². The summed E-state index contributed by atoms with van der Waals surface area (Å²) in [6, 6.07) is 5.21. The van der Waals surface area contributed by atoms with E-state index >= 15 is 0 Å². The van der Waals surface area contributed by atoms with Gasteiger partial charge in [0.05, 0.1) is 5.92 Å². The quantitative estimate of drug-likeness (QED) is 0.819. The molecule has 1 aromatic rings. The van der Waals surface area contributed by atoms with Crippen LogP contribution in [-0.2, 0) is 4.79 Å². The van der Waals surface area contributed by atoms with Gasteiger partial charge in [0.2, 0.25) is 5.91 Å². The zero-order valence-corrected chi connectivity index (χ0v) is 9.97. The Hall–Kier alpha value is -2.16. The van der Waals surface area contributed by atoms with Gasteiger partial charge >= 0.3 is 0 Å². The summed E-state index contributed by atoms with van der Waals surface area (Å²) in [5, 5.41) is 19.5. The van der Waals surface area contributed by atoms with E-state index < -0.39 is 0 Å². The first-order valence-electron chi connectivity index (χ1n) is 6.00. The molecule has 1 aliphatic rings. The van der Waals surface area contributed by atoms with E-state index in [1.165, 1.54) is 0 Å². The molecule has 1 fully saturated rings. The first-order chi connectivity index (χ1) is 8.70. The first kappa shape index (κ1) is 12.3. The summed E-state index contributed by atoms with van der Waals surface area (Å²) in [6.45, 7) is 0. The van der Waals surface area contributed by atoms with Gasteiger partial charge in [-0.15, -0.1) is 10.2 Å². The number of nitrogens with one attached hydrogen (secondary N) is 1. The molecule has 0 aliphatic heterocycles. The SMILES string of the molecule is N#Cc1ccc(NC2CCCCC2C(N)=O)nn1. The molecule has 0 spiro atoms. The molecule has 0 aromatic carbocycles. The standard InChI is InChI=1S/C12H15N5O/c13-7-8-5-6-11(17-16-8)15-10-4-2-1-3-9(10)12(14)18/h5-6,9-10H,1-4H2,(H2,14,18)(H,15,17). The number of nitriles is 1. The molecule has 0 radical (unpaired) electrons. The monoisotopic (exact) mass is 245 g/mol. The second-order valence-electron chi connectivity index (χ2n) is 4.46. The van der Waals surface area contributed by atoms with Crippen molar-refractivity contribution >= 4 is 11.7 Å². The van der Waals surface area contributed by atoms with Crippen LogP contribution in [0.25, 0.3) is 0 Å². The Kier molecular flexibility index (Phi) is 3.72. The third-order valence-corrected chi connectivity index (χ3v) is 3.24. The molecule has 2 unspecified atom stereocenters. The molecule has 18 heavy (non-hydrogen) atoms. The number of nitrogens with zero attached hydrogens (tertiary/aromatic N) is 3. The Morgan fingerprint density at radius 2 is 2.17 bits per heavy atom. The molecule has 2 atom stereocenters. The van der Waals surface area contributed by atoms with Crippen LogP contribution in [0.1, 0.15) is 31.4 Å². The molecule has 3 N–H and O–H groups in total. The van der Waals surface area contributed by atoms with Gasteiger partial charge in [-0.05, 0) is 25.0 Å². The lowest BCUT2D eigenvalue weighted by Gasteiger charge is -2.30. The van der Waals surface area contributed by atoms with E-state index in [2.05, 4.69) is 15.5 Å². The summed E-state index contributed by atoms with van der Waals surface area (Å²) in [5.41, 5.74) is 5.67. The molecular weight excluding hydrogens is 230 g/mol. The van der Waals surface area contributed by atoms with Crippen molar-refractivity contribution in [1.29, 1.82) is 5.26 Å². The van der Waals surface area contributed by atoms with Crippen LogP contribution in [0.3, 0.4) is 0 Å². The van der Waals surface area contributed by atoms with Crippen molar-refractivity contribution in [2.45, 2.75) is 31.7 Å². The van der Waals surface area contributed by atoms with E-state index in [0.717, 1.165) is 25.7 Å². The molecule has 6 heteroatoms. The predicted molar refractivity (Wildman–Crippen MR) is 65.3 cm³/mol. The normalized spacial score (nSPS) is 23.1.